The number of hydrogen-bond acceptors (Lipinski definition) is 5. The van der Waals surface area contributed by atoms with E-state index in [0.717, 1.165) is 40.6 Å². The van der Waals surface area contributed by atoms with Gasteiger partial charge >= 0.3 is 6.03 Å². The van der Waals surface area contributed by atoms with Crippen molar-refractivity contribution < 1.29 is 14.3 Å². The monoisotopic (exact) mass is 516 g/mol. The van der Waals surface area contributed by atoms with Gasteiger partial charge in [0.2, 0.25) is 0 Å². The normalized spacial score (nSPS) is 10.7. The van der Waals surface area contributed by atoms with Crippen molar-refractivity contribution in [2.45, 2.75) is 25.0 Å². The minimum atomic E-state index is -0.295. The number of carbonyl (C=O) groups excluding carboxylic acids is 1. The van der Waals surface area contributed by atoms with E-state index in [1.807, 2.05) is 24.3 Å². The first kappa shape index (κ1) is 26.2. The van der Waals surface area contributed by atoms with Crippen LogP contribution in [-0.2, 0) is 6.54 Å². The van der Waals surface area contributed by atoms with Gasteiger partial charge in [0.1, 0.15) is 11.5 Å². The first-order valence-corrected chi connectivity index (χ1v) is 13.2. The standard InChI is InChI=1S/C29H32N4O3S/c1-4-18-33-27(22-13-9-6-10-14-22)26(21-11-7-5-8-12-21)32-29(33)37-19-17-30-28(34)31-24-16-15-23(35-2)20-25(24)36-3/h5-16,20H,4,17-19H2,1-3H3,(H2,30,31,34). The molecule has 0 bridgehead atoms. The molecule has 4 rings (SSSR count). The van der Waals surface area contributed by atoms with Crippen LogP contribution in [0, 0.1) is 0 Å². The topological polar surface area (TPSA) is 77.4 Å². The second-order valence-electron chi connectivity index (χ2n) is 8.27. The molecular formula is C29H32N4O3S. The van der Waals surface area contributed by atoms with Crippen molar-refractivity contribution in [1.29, 1.82) is 0 Å². The summed E-state index contributed by atoms with van der Waals surface area (Å²) in [6.07, 6.45) is 0.988. The SMILES string of the molecule is CCCn1c(SCCNC(=O)Nc2ccc(OC)cc2OC)nc(-c2ccccc2)c1-c1ccccc1. The molecule has 0 aliphatic carbocycles. The van der Waals surface area contributed by atoms with Crippen LogP contribution < -0.4 is 20.1 Å². The molecule has 0 aliphatic rings. The molecule has 7 nitrogen and oxygen atoms in total. The molecule has 0 saturated heterocycles. The number of imidazole rings is 1. The Morgan fingerprint density at radius 1 is 0.946 bits per heavy atom. The van der Waals surface area contributed by atoms with Gasteiger partial charge in [-0.15, -0.1) is 0 Å². The van der Waals surface area contributed by atoms with Crippen molar-refractivity contribution in [1.82, 2.24) is 14.9 Å². The number of carbonyl (C=O) groups is 1. The fourth-order valence-corrected chi connectivity index (χ4v) is 4.92. The van der Waals surface area contributed by atoms with Crippen molar-refractivity contribution in [3.63, 3.8) is 0 Å². The number of benzene rings is 3. The fraction of sp³-hybridized carbons (Fsp3) is 0.241. The van der Waals surface area contributed by atoms with Crippen LogP contribution in [-0.4, -0.2) is 42.1 Å². The summed E-state index contributed by atoms with van der Waals surface area (Å²) in [6.45, 7) is 3.51. The van der Waals surface area contributed by atoms with Crippen molar-refractivity contribution >= 4 is 23.5 Å². The number of hydrogen-bond donors (Lipinski definition) is 2. The van der Waals surface area contributed by atoms with Gasteiger partial charge in [0, 0.05) is 36.0 Å². The van der Waals surface area contributed by atoms with E-state index in [1.165, 1.54) is 0 Å². The van der Waals surface area contributed by atoms with Gasteiger partial charge in [-0.05, 0) is 18.6 Å². The molecule has 1 aromatic heterocycles. The summed E-state index contributed by atoms with van der Waals surface area (Å²) in [4.78, 5) is 17.6. The molecule has 0 spiro atoms. The van der Waals surface area contributed by atoms with Gasteiger partial charge < -0.3 is 24.7 Å². The van der Waals surface area contributed by atoms with Gasteiger partial charge in [0.05, 0.1) is 31.3 Å². The smallest absolute Gasteiger partial charge is 0.319 e. The lowest BCUT2D eigenvalue weighted by atomic mass is 10.0. The van der Waals surface area contributed by atoms with Gasteiger partial charge in [-0.25, -0.2) is 9.78 Å². The van der Waals surface area contributed by atoms with E-state index in [0.29, 0.717) is 29.5 Å². The zero-order valence-electron chi connectivity index (χ0n) is 21.4. The predicted octanol–water partition coefficient (Wildman–Crippen LogP) is 6.56. The maximum Gasteiger partial charge on any atom is 0.319 e. The first-order valence-electron chi connectivity index (χ1n) is 12.3. The van der Waals surface area contributed by atoms with Crippen LogP contribution in [0.25, 0.3) is 22.5 Å². The number of thioether (sulfide) groups is 1. The number of aromatic nitrogens is 2. The molecule has 0 atom stereocenters. The van der Waals surface area contributed by atoms with E-state index >= 15 is 0 Å². The lowest BCUT2D eigenvalue weighted by Gasteiger charge is -2.13. The van der Waals surface area contributed by atoms with Crippen LogP contribution in [0.5, 0.6) is 11.5 Å². The van der Waals surface area contributed by atoms with Crippen LogP contribution >= 0.6 is 11.8 Å². The molecule has 8 heteroatoms. The van der Waals surface area contributed by atoms with E-state index < -0.39 is 0 Å². The molecule has 1 heterocycles. The largest absolute Gasteiger partial charge is 0.497 e. The van der Waals surface area contributed by atoms with Gasteiger partial charge in [0.15, 0.2) is 5.16 Å². The Morgan fingerprint density at radius 2 is 1.65 bits per heavy atom. The molecule has 192 valence electrons. The molecule has 0 radical (unpaired) electrons. The summed E-state index contributed by atoms with van der Waals surface area (Å²) < 4.78 is 12.9. The van der Waals surface area contributed by atoms with E-state index in [1.54, 1.807) is 44.2 Å². The molecule has 0 unspecified atom stereocenters. The van der Waals surface area contributed by atoms with Gasteiger partial charge in [0.25, 0.3) is 0 Å². The number of nitrogens with one attached hydrogen (secondary N) is 2. The average Bonchev–Trinajstić information content (AvgIpc) is 3.30. The van der Waals surface area contributed by atoms with E-state index in [9.17, 15) is 4.79 Å². The van der Waals surface area contributed by atoms with E-state index in [-0.39, 0.29) is 6.03 Å². The zero-order valence-corrected chi connectivity index (χ0v) is 22.2. The Bertz CT molecular complexity index is 1310. The third-order valence-electron chi connectivity index (χ3n) is 5.75. The van der Waals surface area contributed by atoms with Crippen LogP contribution in [0.15, 0.2) is 84.0 Å². The average molecular weight is 517 g/mol. The van der Waals surface area contributed by atoms with Crippen LogP contribution in [0.1, 0.15) is 13.3 Å². The number of ether oxygens (including phenoxy) is 2. The van der Waals surface area contributed by atoms with Crippen molar-refractivity contribution in [2.24, 2.45) is 0 Å². The highest BCUT2D eigenvalue weighted by molar-refractivity contribution is 7.99. The lowest BCUT2D eigenvalue weighted by molar-refractivity contribution is 0.252. The highest BCUT2D eigenvalue weighted by Gasteiger charge is 2.20. The summed E-state index contributed by atoms with van der Waals surface area (Å²) in [5, 5.41) is 6.70. The minimum absolute atomic E-state index is 0.295. The van der Waals surface area contributed by atoms with Crippen molar-refractivity contribution in [2.75, 3.05) is 31.8 Å². The Labute approximate surface area is 222 Å². The summed E-state index contributed by atoms with van der Waals surface area (Å²) in [7, 11) is 3.14. The molecule has 2 N–H and O–H groups in total. The Balaban J connectivity index is 1.47. The van der Waals surface area contributed by atoms with Crippen molar-refractivity contribution in [3.05, 3.63) is 78.9 Å². The number of amides is 2. The summed E-state index contributed by atoms with van der Waals surface area (Å²) in [5.74, 6) is 1.87. The molecule has 3 aromatic carbocycles. The zero-order chi connectivity index (χ0) is 26.0. The van der Waals surface area contributed by atoms with Crippen LogP contribution in [0.4, 0.5) is 10.5 Å². The number of anilines is 1. The number of rotatable bonds is 11. The second-order valence-corrected chi connectivity index (χ2v) is 9.33. The molecule has 0 saturated carbocycles. The maximum absolute atomic E-state index is 12.5. The van der Waals surface area contributed by atoms with Gasteiger partial charge in [-0.2, -0.15) is 0 Å². The predicted molar refractivity (Wildman–Crippen MR) is 151 cm³/mol. The van der Waals surface area contributed by atoms with E-state index in [2.05, 4.69) is 58.5 Å². The van der Waals surface area contributed by atoms with Crippen LogP contribution in [0.3, 0.4) is 0 Å². The number of urea groups is 1. The van der Waals surface area contributed by atoms with Crippen LogP contribution in [0.2, 0.25) is 0 Å². The number of nitrogens with zero attached hydrogens (tertiary/aromatic N) is 2. The fourth-order valence-electron chi connectivity index (χ4n) is 4.03. The molecule has 2 amide bonds. The quantitative estimate of drug-likeness (QED) is 0.174. The highest BCUT2D eigenvalue weighted by Crippen LogP contribution is 2.36. The minimum Gasteiger partial charge on any atom is -0.497 e. The molecule has 37 heavy (non-hydrogen) atoms. The molecular weight excluding hydrogens is 484 g/mol. The third-order valence-corrected chi connectivity index (χ3v) is 6.73. The Morgan fingerprint density at radius 3 is 2.30 bits per heavy atom. The summed E-state index contributed by atoms with van der Waals surface area (Å²) in [6, 6.07) is 25.6. The summed E-state index contributed by atoms with van der Waals surface area (Å²) in [5.41, 5.74) is 4.89. The van der Waals surface area contributed by atoms with Crippen molar-refractivity contribution in [3.8, 4) is 34.0 Å². The molecule has 0 aliphatic heterocycles. The lowest BCUT2D eigenvalue weighted by Crippen LogP contribution is -2.30. The molecule has 0 fully saturated rings. The maximum atomic E-state index is 12.5. The third kappa shape index (κ3) is 6.46. The van der Waals surface area contributed by atoms with Gasteiger partial charge in [-0.1, -0.05) is 79.3 Å². The van der Waals surface area contributed by atoms with E-state index in [4.69, 9.17) is 14.5 Å². The first-order chi connectivity index (χ1) is 18.1. The number of methoxy groups -OCH3 is 2. The highest BCUT2D eigenvalue weighted by atomic mass is 32.2. The summed E-state index contributed by atoms with van der Waals surface area (Å²) >= 11 is 1.64. The van der Waals surface area contributed by atoms with Gasteiger partial charge in [-0.3, -0.25) is 0 Å². The Kier molecular flexibility index (Phi) is 9.10. The molecule has 4 aromatic rings. The second kappa shape index (κ2) is 12.9. The Hall–Kier alpha value is -3.91.